The van der Waals surface area contributed by atoms with Gasteiger partial charge in [0.2, 0.25) is 0 Å². The molecule has 8 nitrogen and oxygen atoms in total. The van der Waals surface area contributed by atoms with Crippen molar-refractivity contribution >= 4 is 44.1 Å². The molecule has 2 aliphatic heterocycles. The first-order valence-electron chi connectivity index (χ1n) is 16.9. The molecular weight excluding hydrogens is 668 g/mol. The van der Waals surface area contributed by atoms with Gasteiger partial charge in [-0.15, -0.1) is 0 Å². The van der Waals surface area contributed by atoms with Crippen LogP contribution in [0.15, 0.2) is 97.1 Å². The van der Waals surface area contributed by atoms with Gasteiger partial charge in [-0.25, -0.2) is 9.97 Å². The van der Waals surface area contributed by atoms with Crippen molar-refractivity contribution in [3.05, 3.63) is 104 Å². The normalized spacial score (nSPS) is 10.1. The second kappa shape index (κ2) is 18.0. The zero-order valence-corrected chi connectivity index (χ0v) is 31.1. The number of fused-ring (bicyclic) bond motifs is 20. The standard InChI is InChI=1S/C32H16N8.4C2H6.CH3.Cu/c1-2-10-18-17(9-1)25-33-26(18)38-28-21-13-5-6-14-22(21)30(35-28)40-32-24-16-8-7-15-23(24)31(36-32)39-29-20-12-4-3-11-19(20)27(34-29)37-25;4*1-2;;/h1-16H;4*1-2H3;1H3;/q-2;;;;;-1;. The summed E-state index contributed by atoms with van der Waals surface area (Å²) < 4.78 is 0. The number of hydrogen-bond acceptors (Lipinski definition) is 6. The summed E-state index contributed by atoms with van der Waals surface area (Å²) in [5.74, 6) is 2.21. The van der Waals surface area contributed by atoms with Gasteiger partial charge in [0.25, 0.3) is 0 Å². The number of aromatic nitrogens is 8. The fourth-order valence-corrected chi connectivity index (χ4v) is 5.46. The molecule has 9 heteroatoms. The van der Waals surface area contributed by atoms with E-state index >= 15 is 0 Å². The average molecular weight is 711 g/mol. The smallest absolute Gasteiger partial charge is 0.0927 e. The SMILES string of the molecule is CC.CC.CC.CC.[CH3-].[Cu].c1ccc2c(c1)-c1nc-2nc2[n-]c(nc3nc(nc4[n-]c(n1)c1ccccc41)-c1ccccc1-3)c1ccccc21. The molecule has 0 N–H and O–H groups in total. The molecule has 1 radical (unpaired) electrons. The van der Waals surface area contributed by atoms with Gasteiger partial charge >= 0.3 is 0 Å². The van der Waals surface area contributed by atoms with E-state index in [4.69, 9.17) is 39.9 Å². The molecule has 261 valence electrons. The summed E-state index contributed by atoms with van der Waals surface area (Å²) in [5.41, 5.74) is 5.78. The fourth-order valence-electron chi connectivity index (χ4n) is 5.46. The van der Waals surface area contributed by atoms with Crippen molar-refractivity contribution < 1.29 is 17.1 Å². The van der Waals surface area contributed by atoms with Crippen molar-refractivity contribution in [1.82, 2.24) is 39.9 Å². The van der Waals surface area contributed by atoms with Crippen molar-refractivity contribution in [2.45, 2.75) is 55.4 Å². The molecule has 7 aromatic rings. The van der Waals surface area contributed by atoms with E-state index in [-0.39, 0.29) is 24.5 Å². The van der Waals surface area contributed by atoms with Crippen molar-refractivity contribution in [2.75, 3.05) is 0 Å². The summed E-state index contributed by atoms with van der Waals surface area (Å²) in [6.07, 6.45) is 0. The fraction of sp³-hybridized carbons (Fsp3) is 0.195. The molecule has 9 rings (SSSR count). The van der Waals surface area contributed by atoms with E-state index in [1.807, 2.05) is 152 Å². The minimum atomic E-state index is 0. The first-order chi connectivity index (χ1) is 23.8. The topological polar surface area (TPSA) is 106 Å². The first-order valence-corrected chi connectivity index (χ1v) is 16.9. The van der Waals surface area contributed by atoms with Crippen LogP contribution in [0.1, 0.15) is 55.4 Å². The number of benzene rings is 4. The van der Waals surface area contributed by atoms with Gasteiger partial charge in [-0.2, -0.15) is 0 Å². The van der Waals surface area contributed by atoms with Crippen LogP contribution in [0.2, 0.25) is 0 Å². The third-order valence-corrected chi connectivity index (χ3v) is 7.33. The summed E-state index contributed by atoms with van der Waals surface area (Å²) in [6.45, 7) is 16.0. The minimum absolute atomic E-state index is 0. The van der Waals surface area contributed by atoms with E-state index in [9.17, 15) is 0 Å². The molecule has 4 aromatic carbocycles. The number of rotatable bonds is 0. The monoisotopic (exact) mass is 710 g/mol. The summed E-state index contributed by atoms with van der Waals surface area (Å²) in [6, 6.07) is 31.8. The van der Waals surface area contributed by atoms with Crippen LogP contribution in [0, 0.1) is 7.43 Å². The van der Waals surface area contributed by atoms with Gasteiger partial charge in [-0.1, -0.05) is 152 Å². The molecule has 0 spiro atoms. The summed E-state index contributed by atoms with van der Waals surface area (Å²) in [7, 11) is 0. The van der Waals surface area contributed by atoms with Crippen molar-refractivity contribution in [3.63, 3.8) is 0 Å². The van der Waals surface area contributed by atoms with Crippen LogP contribution in [0.3, 0.4) is 0 Å². The largest absolute Gasteiger partial charge is 0.358 e. The van der Waals surface area contributed by atoms with Gasteiger partial charge in [0.05, 0.1) is 23.3 Å². The van der Waals surface area contributed by atoms with Gasteiger partial charge in [-0.3, -0.25) is 0 Å². The van der Waals surface area contributed by atoms with E-state index in [2.05, 4.69) is 0 Å². The molecule has 5 heterocycles. The van der Waals surface area contributed by atoms with Crippen molar-refractivity contribution in [2.24, 2.45) is 0 Å². The zero-order valence-electron chi connectivity index (χ0n) is 30.1. The predicted octanol–water partition coefficient (Wildman–Crippen LogP) is 10.7. The Morgan fingerprint density at radius 1 is 0.320 bits per heavy atom. The minimum Gasteiger partial charge on any atom is -0.358 e. The molecule has 0 fully saturated rings. The molecule has 0 saturated carbocycles. The Morgan fingerprint density at radius 3 is 0.740 bits per heavy atom. The van der Waals surface area contributed by atoms with E-state index in [0.717, 1.165) is 43.8 Å². The number of nitrogens with zero attached hydrogens (tertiary/aromatic N) is 8. The van der Waals surface area contributed by atoms with Crippen molar-refractivity contribution in [1.29, 1.82) is 0 Å². The third kappa shape index (κ3) is 7.06. The maximum absolute atomic E-state index is 4.95. The molecule has 8 bridgehead atoms. The Labute approximate surface area is 305 Å². The zero-order chi connectivity index (χ0) is 34.2. The molecule has 3 aromatic heterocycles. The van der Waals surface area contributed by atoms with Crippen molar-refractivity contribution in [3.8, 4) is 45.6 Å². The summed E-state index contributed by atoms with van der Waals surface area (Å²) in [5, 5.41) is 3.57. The third-order valence-electron chi connectivity index (χ3n) is 7.33. The molecule has 0 atom stereocenters. The van der Waals surface area contributed by atoms with Crippen LogP contribution in [-0.4, -0.2) is 29.9 Å². The van der Waals surface area contributed by atoms with E-state index in [0.29, 0.717) is 45.9 Å². The van der Waals surface area contributed by atoms with E-state index in [1.165, 1.54) is 0 Å². The molecule has 2 aliphatic rings. The Morgan fingerprint density at radius 2 is 0.520 bits per heavy atom. The first kappa shape index (κ1) is 39.2. The van der Waals surface area contributed by atoms with Gasteiger partial charge in [0, 0.05) is 61.9 Å². The maximum atomic E-state index is 4.95. The predicted molar refractivity (Wildman–Crippen MR) is 206 cm³/mol. The van der Waals surface area contributed by atoms with Crippen LogP contribution < -0.4 is 9.97 Å². The second-order valence-electron chi connectivity index (χ2n) is 9.67. The van der Waals surface area contributed by atoms with Crippen LogP contribution in [0.5, 0.6) is 0 Å². The van der Waals surface area contributed by atoms with Gasteiger partial charge in [0.1, 0.15) is 0 Å². The van der Waals surface area contributed by atoms with E-state index in [1.54, 1.807) is 0 Å². The Bertz CT molecular complexity index is 2040. The van der Waals surface area contributed by atoms with Crippen LogP contribution >= 0.6 is 0 Å². The van der Waals surface area contributed by atoms with Gasteiger partial charge < -0.3 is 37.3 Å². The van der Waals surface area contributed by atoms with Crippen LogP contribution in [-0.2, 0) is 17.1 Å². The van der Waals surface area contributed by atoms with Gasteiger partial charge in [-0.05, 0) is 21.5 Å². The summed E-state index contributed by atoms with van der Waals surface area (Å²) in [4.78, 5) is 39.3. The molecule has 0 saturated heterocycles. The summed E-state index contributed by atoms with van der Waals surface area (Å²) >= 11 is 0. The number of hydrogen-bond donors (Lipinski definition) is 0. The quantitative estimate of drug-likeness (QED) is 0.113. The van der Waals surface area contributed by atoms with E-state index < -0.39 is 0 Å². The molecule has 0 amide bonds. The van der Waals surface area contributed by atoms with Crippen LogP contribution in [0.25, 0.3) is 89.7 Å². The second-order valence-corrected chi connectivity index (χ2v) is 9.67. The molecule has 0 aliphatic carbocycles. The van der Waals surface area contributed by atoms with Gasteiger partial charge in [0.15, 0.2) is 0 Å². The Hall–Kier alpha value is -5.24. The Balaban J connectivity index is 0.000000635. The average Bonchev–Trinajstić information content (AvgIpc) is 3.91. The Kier molecular flexibility index (Phi) is 14.1. The van der Waals surface area contributed by atoms with Crippen LogP contribution in [0.4, 0.5) is 0 Å². The molecule has 0 unspecified atom stereocenters. The molecule has 50 heavy (non-hydrogen) atoms. The molecular formula is C41H43CuN8-3. The maximum Gasteiger partial charge on any atom is 0.0927 e.